The van der Waals surface area contributed by atoms with Gasteiger partial charge in [-0.2, -0.15) is 0 Å². The average molecular weight is 376 g/mol. The highest BCUT2D eigenvalue weighted by molar-refractivity contribution is 5.78. The fraction of sp³-hybridized carbons (Fsp3) is 0.227. The van der Waals surface area contributed by atoms with Crippen LogP contribution in [0.25, 0.3) is 0 Å². The summed E-state index contributed by atoms with van der Waals surface area (Å²) in [5.74, 6) is 0.970. The van der Waals surface area contributed by atoms with Crippen LogP contribution in [0.4, 0.5) is 5.82 Å². The van der Waals surface area contributed by atoms with Gasteiger partial charge in [0.05, 0.1) is 6.42 Å². The largest absolute Gasteiger partial charge is 0.508 e. The first-order valence-corrected chi connectivity index (χ1v) is 9.21. The molecule has 144 valence electrons. The zero-order valence-corrected chi connectivity index (χ0v) is 15.9. The number of rotatable bonds is 8. The van der Waals surface area contributed by atoms with Gasteiger partial charge in [0.25, 0.3) is 0 Å². The smallest absolute Gasteiger partial charge is 0.224 e. The Bertz CT molecular complexity index is 898. The Morgan fingerprint density at radius 2 is 1.82 bits per heavy atom. The number of aromatic nitrogens is 2. The molecule has 1 aromatic carbocycles. The van der Waals surface area contributed by atoms with Crippen molar-refractivity contribution in [3.8, 4) is 5.75 Å². The van der Waals surface area contributed by atoms with Crippen LogP contribution in [0, 0.1) is 0 Å². The normalized spacial score (nSPS) is 10.5. The quantitative estimate of drug-likeness (QED) is 0.632. The highest BCUT2D eigenvalue weighted by Gasteiger charge is 2.11. The number of nitrogens with one attached hydrogen (secondary N) is 1. The molecule has 0 aliphatic carbocycles. The van der Waals surface area contributed by atoms with Crippen LogP contribution in [0.5, 0.6) is 5.75 Å². The van der Waals surface area contributed by atoms with Crippen molar-refractivity contribution in [1.29, 1.82) is 0 Å². The van der Waals surface area contributed by atoms with Crippen molar-refractivity contribution in [3.05, 3.63) is 83.8 Å². The summed E-state index contributed by atoms with van der Waals surface area (Å²) in [7, 11) is 1.99. The van der Waals surface area contributed by atoms with Crippen molar-refractivity contribution in [3.63, 3.8) is 0 Å². The first-order valence-electron chi connectivity index (χ1n) is 9.21. The molecule has 2 heterocycles. The summed E-state index contributed by atoms with van der Waals surface area (Å²) in [6.45, 7) is 1.19. The summed E-state index contributed by atoms with van der Waals surface area (Å²) in [6, 6.07) is 16.4. The van der Waals surface area contributed by atoms with Gasteiger partial charge >= 0.3 is 0 Å². The van der Waals surface area contributed by atoms with Crippen molar-refractivity contribution in [2.24, 2.45) is 0 Å². The van der Waals surface area contributed by atoms with Crippen molar-refractivity contribution >= 4 is 11.7 Å². The molecular weight excluding hydrogens is 352 g/mol. The summed E-state index contributed by atoms with van der Waals surface area (Å²) >= 11 is 0. The predicted molar refractivity (Wildman–Crippen MR) is 109 cm³/mol. The standard InChI is InChI=1S/C22H24N4O2/c1-26(14-11-19-6-2-3-12-23-19)22-18(5-4-13-24-22)16-25-21(28)15-17-7-9-20(27)10-8-17/h2-10,12-13,27H,11,14-16H2,1H3,(H,25,28). The van der Waals surface area contributed by atoms with Crippen molar-refractivity contribution in [2.75, 3.05) is 18.5 Å². The van der Waals surface area contributed by atoms with Crippen molar-refractivity contribution in [1.82, 2.24) is 15.3 Å². The molecule has 28 heavy (non-hydrogen) atoms. The molecule has 0 saturated heterocycles. The minimum Gasteiger partial charge on any atom is -0.508 e. The second-order valence-corrected chi connectivity index (χ2v) is 6.60. The summed E-state index contributed by atoms with van der Waals surface area (Å²) < 4.78 is 0. The summed E-state index contributed by atoms with van der Waals surface area (Å²) in [5.41, 5.74) is 2.85. The van der Waals surface area contributed by atoms with Crippen molar-refractivity contribution in [2.45, 2.75) is 19.4 Å². The molecule has 0 aliphatic heterocycles. The van der Waals surface area contributed by atoms with Gasteiger partial charge in [-0.25, -0.2) is 4.98 Å². The first-order chi connectivity index (χ1) is 13.6. The highest BCUT2D eigenvalue weighted by Crippen LogP contribution is 2.16. The monoisotopic (exact) mass is 376 g/mol. The number of amides is 1. The Morgan fingerprint density at radius 3 is 2.57 bits per heavy atom. The molecule has 3 rings (SSSR count). The van der Waals surface area contributed by atoms with E-state index in [1.54, 1.807) is 36.7 Å². The predicted octanol–water partition coefficient (Wildman–Crippen LogP) is 2.72. The molecule has 3 aromatic rings. The number of pyridine rings is 2. The number of carbonyl (C=O) groups excluding carboxylic acids is 1. The Hall–Kier alpha value is -3.41. The van der Waals surface area contributed by atoms with E-state index >= 15 is 0 Å². The maximum atomic E-state index is 12.2. The molecule has 2 aromatic heterocycles. The highest BCUT2D eigenvalue weighted by atomic mass is 16.3. The molecule has 2 N–H and O–H groups in total. The van der Waals surface area contributed by atoms with Gasteiger partial charge in [0, 0.05) is 50.2 Å². The molecule has 0 atom stereocenters. The van der Waals surface area contributed by atoms with E-state index in [4.69, 9.17) is 0 Å². The molecule has 0 unspecified atom stereocenters. The summed E-state index contributed by atoms with van der Waals surface area (Å²) in [6.07, 6.45) is 4.64. The lowest BCUT2D eigenvalue weighted by atomic mass is 10.1. The Labute approximate surface area is 164 Å². The van der Waals surface area contributed by atoms with Gasteiger partial charge in [-0.1, -0.05) is 24.3 Å². The number of phenols is 1. The Balaban J connectivity index is 1.56. The lowest BCUT2D eigenvalue weighted by Gasteiger charge is -2.21. The SMILES string of the molecule is CN(CCc1ccccn1)c1ncccc1CNC(=O)Cc1ccc(O)cc1. The molecule has 0 bridgehead atoms. The second-order valence-electron chi connectivity index (χ2n) is 6.60. The van der Waals surface area contributed by atoms with Gasteiger partial charge in [-0.05, 0) is 35.9 Å². The number of hydrogen-bond donors (Lipinski definition) is 2. The van der Waals surface area contributed by atoms with Gasteiger partial charge in [-0.15, -0.1) is 0 Å². The van der Waals surface area contributed by atoms with E-state index in [-0.39, 0.29) is 18.1 Å². The van der Waals surface area contributed by atoms with Crippen LogP contribution in [0.1, 0.15) is 16.8 Å². The number of hydrogen-bond acceptors (Lipinski definition) is 5. The third-order valence-corrected chi connectivity index (χ3v) is 4.44. The van der Waals surface area contributed by atoms with Crippen LogP contribution in [0.2, 0.25) is 0 Å². The van der Waals surface area contributed by atoms with Gasteiger partial charge < -0.3 is 15.3 Å². The molecular formula is C22H24N4O2. The maximum Gasteiger partial charge on any atom is 0.224 e. The summed E-state index contributed by atoms with van der Waals surface area (Å²) in [5, 5.41) is 12.3. The van der Waals surface area contributed by atoms with Crippen LogP contribution in [0.3, 0.4) is 0 Å². The van der Waals surface area contributed by atoms with Gasteiger partial charge in [0.15, 0.2) is 0 Å². The molecule has 0 spiro atoms. The van der Waals surface area contributed by atoms with Crippen LogP contribution in [0.15, 0.2) is 67.0 Å². The van der Waals surface area contributed by atoms with E-state index in [0.29, 0.717) is 6.54 Å². The lowest BCUT2D eigenvalue weighted by Crippen LogP contribution is -2.27. The molecule has 0 aliphatic rings. The number of phenolic OH excluding ortho intramolecular Hbond substituents is 1. The van der Waals surface area contributed by atoms with E-state index in [1.807, 2.05) is 37.4 Å². The van der Waals surface area contributed by atoms with Gasteiger partial charge in [0.1, 0.15) is 11.6 Å². The number of anilines is 1. The molecule has 6 heteroatoms. The van der Waals surface area contributed by atoms with E-state index < -0.39 is 0 Å². The molecule has 0 fully saturated rings. The first kappa shape index (κ1) is 19.4. The zero-order chi connectivity index (χ0) is 19.8. The van der Waals surface area contributed by atoms with Crippen LogP contribution in [-0.2, 0) is 24.2 Å². The van der Waals surface area contributed by atoms with Gasteiger partial charge in [0.2, 0.25) is 5.91 Å². The maximum absolute atomic E-state index is 12.2. The minimum atomic E-state index is -0.0726. The molecule has 0 saturated carbocycles. The fourth-order valence-corrected chi connectivity index (χ4v) is 2.90. The average Bonchev–Trinajstić information content (AvgIpc) is 2.73. The number of aromatic hydroxyl groups is 1. The minimum absolute atomic E-state index is 0.0726. The molecule has 0 radical (unpaired) electrons. The third-order valence-electron chi connectivity index (χ3n) is 4.44. The fourth-order valence-electron chi connectivity index (χ4n) is 2.90. The van der Waals surface area contributed by atoms with Crippen LogP contribution < -0.4 is 10.2 Å². The Kier molecular flexibility index (Phi) is 6.57. The third kappa shape index (κ3) is 5.54. The lowest BCUT2D eigenvalue weighted by molar-refractivity contribution is -0.120. The number of likely N-dealkylation sites (N-methyl/N-ethyl adjacent to an activating group) is 1. The van der Waals surface area contributed by atoms with E-state index in [9.17, 15) is 9.90 Å². The molecule has 1 amide bonds. The topological polar surface area (TPSA) is 78.4 Å². The van der Waals surface area contributed by atoms with Crippen molar-refractivity contribution < 1.29 is 9.90 Å². The van der Waals surface area contributed by atoms with Gasteiger partial charge in [-0.3, -0.25) is 9.78 Å². The molecule has 6 nitrogen and oxygen atoms in total. The van der Waals surface area contributed by atoms with Crippen LogP contribution >= 0.6 is 0 Å². The van der Waals surface area contributed by atoms with E-state index in [2.05, 4.69) is 20.2 Å². The van der Waals surface area contributed by atoms with E-state index in [0.717, 1.165) is 35.6 Å². The van der Waals surface area contributed by atoms with E-state index in [1.165, 1.54) is 0 Å². The zero-order valence-electron chi connectivity index (χ0n) is 15.9. The summed E-state index contributed by atoms with van der Waals surface area (Å²) in [4.78, 5) is 23.2. The second kappa shape index (κ2) is 9.50. The number of benzene rings is 1. The number of nitrogens with zero attached hydrogens (tertiary/aromatic N) is 3. The Morgan fingerprint density at radius 1 is 1.04 bits per heavy atom. The number of carbonyl (C=O) groups is 1. The van der Waals surface area contributed by atoms with Crippen LogP contribution in [-0.4, -0.2) is 34.6 Å².